The molecule has 37 heavy (non-hydrogen) atoms. The predicted molar refractivity (Wildman–Crippen MR) is 140 cm³/mol. The first-order valence-corrected chi connectivity index (χ1v) is 13.5. The zero-order valence-corrected chi connectivity index (χ0v) is 22.4. The average molecular weight is 513 g/mol. The number of methoxy groups -OCH3 is 1. The molecule has 3 heterocycles. The Morgan fingerprint density at radius 1 is 1.08 bits per heavy atom. The number of carbonyl (C=O) groups is 3. The predicted octanol–water partition coefficient (Wildman–Crippen LogP) is 1.70. The van der Waals surface area contributed by atoms with Crippen LogP contribution in [0.5, 0.6) is 0 Å². The van der Waals surface area contributed by atoms with Crippen LogP contribution < -0.4 is 10.2 Å². The summed E-state index contributed by atoms with van der Waals surface area (Å²) < 4.78 is 11.1. The van der Waals surface area contributed by atoms with Gasteiger partial charge in [-0.2, -0.15) is 0 Å². The van der Waals surface area contributed by atoms with Gasteiger partial charge in [-0.05, 0) is 42.5 Å². The van der Waals surface area contributed by atoms with Gasteiger partial charge < -0.3 is 24.6 Å². The van der Waals surface area contributed by atoms with Crippen molar-refractivity contribution in [1.29, 1.82) is 0 Å². The first kappa shape index (κ1) is 26.1. The topological polar surface area (TPSA) is 91.4 Å². The van der Waals surface area contributed by atoms with Crippen molar-refractivity contribution in [2.45, 2.75) is 70.4 Å². The molecule has 4 atom stereocenters. The summed E-state index contributed by atoms with van der Waals surface area (Å²) in [5, 5.41) is 2.96. The number of nitrogens with zero attached hydrogens (tertiary/aromatic N) is 3. The Morgan fingerprint density at radius 3 is 2.32 bits per heavy atom. The highest BCUT2D eigenvalue weighted by molar-refractivity contribution is 5.99. The zero-order chi connectivity index (χ0) is 26.3. The Balaban J connectivity index is 1.24. The number of hydrogen-bond acceptors (Lipinski definition) is 7. The van der Waals surface area contributed by atoms with E-state index in [0.717, 1.165) is 37.9 Å². The normalized spacial score (nSPS) is 27.7. The van der Waals surface area contributed by atoms with Crippen LogP contribution in [0.1, 0.15) is 50.4 Å². The van der Waals surface area contributed by atoms with Gasteiger partial charge in [0.25, 0.3) is 5.91 Å². The Morgan fingerprint density at radius 2 is 1.76 bits per heavy atom. The molecule has 0 aromatic heterocycles. The molecular weight excluding hydrogens is 472 g/mol. The summed E-state index contributed by atoms with van der Waals surface area (Å²) >= 11 is 0. The number of amides is 2. The number of anilines is 1. The first-order valence-electron chi connectivity index (χ1n) is 13.5. The Bertz CT molecular complexity index is 1010. The van der Waals surface area contributed by atoms with E-state index in [4.69, 9.17) is 9.47 Å². The van der Waals surface area contributed by atoms with Gasteiger partial charge in [0.1, 0.15) is 30.9 Å². The molecule has 4 fully saturated rings. The van der Waals surface area contributed by atoms with Gasteiger partial charge in [0.05, 0.1) is 6.54 Å². The maximum Gasteiger partial charge on any atom is 0.251 e. The summed E-state index contributed by atoms with van der Waals surface area (Å²) in [5.41, 5.74) is 1.06. The molecule has 3 saturated heterocycles. The first-order chi connectivity index (χ1) is 17.7. The molecule has 5 rings (SSSR count). The van der Waals surface area contributed by atoms with E-state index in [0.29, 0.717) is 5.56 Å². The Hall–Kier alpha value is -2.49. The monoisotopic (exact) mass is 512 g/mol. The molecule has 4 aliphatic rings. The molecule has 1 unspecified atom stereocenters. The third kappa shape index (κ3) is 5.13. The number of benzene rings is 1. The van der Waals surface area contributed by atoms with Crippen molar-refractivity contribution < 1.29 is 23.9 Å². The maximum atomic E-state index is 13.7. The lowest BCUT2D eigenvalue weighted by Gasteiger charge is -2.43. The number of Topliss-reactive ketones (excluding diaryl/α,β-unsaturated/α-hetero) is 1. The number of hydrogen-bond donors (Lipinski definition) is 1. The fourth-order valence-corrected chi connectivity index (χ4v) is 6.00. The van der Waals surface area contributed by atoms with Crippen LogP contribution in [-0.4, -0.2) is 104 Å². The molecule has 1 saturated carbocycles. The summed E-state index contributed by atoms with van der Waals surface area (Å²) in [6.07, 6.45) is 3.20. The van der Waals surface area contributed by atoms with Crippen LogP contribution >= 0.6 is 0 Å². The minimum Gasteiger partial charge on any atom is -0.377 e. The molecule has 1 aromatic rings. The fourth-order valence-electron chi connectivity index (χ4n) is 6.00. The van der Waals surface area contributed by atoms with E-state index in [2.05, 4.69) is 15.1 Å². The summed E-state index contributed by atoms with van der Waals surface area (Å²) in [7, 11) is 1.56. The van der Waals surface area contributed by atoms with Crippen LogP contribution in [0, 0.1) is 5.41 Å². The summed E-state index contributed by atoms with van der Waals surface area (Å²) in [5.74, 6) is -0.709. The molecule has 1 aromatic carbocycles. The molecular formula is C28H40N4O5. The number of piperazine rings is 1. The summed E-state index contributed by atoms with van der Waals surface area (Å²) in [4.78, 5) is 46.0. The van der Waals surface area contributed by atoms with Crippen LogP contribution in [0.3, 0.4) is 0 Å². The molecule has 3 aliphatic heterocycles. The van der Waals surface area contributed by atoms with Crippen molar-refractivity contribution >= 4 is 23.3 Å². The number of likely N-dealkylation sites (tertiary alicyclic amines) is 1. The number of carbonyl (C=O) groups excluding carboxylic acids is 3. The van der Waals surface area contributed by atoms with E-state index in [1.807, 2.05) is 45.0 Å². The highest BCUT2D eigenvalue weighted by atomic mass is 16.5. The molecule has 9 heteroatoms. The van der Waals surface area contributed by atoms with Crippen molar-refractivity contribution in [2.75, 3.05) is 51.3 Å². The zero-order valence-electron chi connectivity index (χ0n) is 22.4. The van der Waals surface area contributed by atoms with E-state index in [1.165, 1.54) is 24.2 Å². The molecule has 0 radical (unpaired) electrons. The lowest BCUT2D eigenvalue weighted by atomic mass is 9.85. The van der Waals surface area contributed by atoms with Crippen molar-refractivity contribution in [3.8, 4) is 0 Å². The quantitative estimate of drug-likeness (QED) is 0.620. The molecule has 202 valence electrons. The number of rotatable bonds is 6. The smallest absolute Gasteiger partial charge is 0.251 e. The molecule has 0 spiro atoms. The lowest BCUT2D eigenvalue weighted by molar-refractivity contribution is -0.140. The van der Waals surface area contributed by atoms with Gasteiger partial charge in [-0.25, -0.2) is 0 Å². The fraction of sp³-hybridized carbons (Fsp3) is 0.679. The molecule has 1 aliphatic carbocycles. The number of nitrogens with one attached hydrogen (secondary N) is 1. The van der Waals surface area contributed by atoms with Crippen LogP contribution in [-0.2, 0) is 19.1 Å². The van der Waals surface area contributed by atoms with Crippen LogP contribution in [0.25, 0.3) is 0 Å². The van der Waals surface area contributed by atoms with Crippen molar-refractivity contribution in [3.05, 3.63) is 29.8 Å². The van der Waals surface area contributed by atoms with Gasteiger partial charge in [-0.1, -0.05) is 27.2 Å². The molecule has 2 amide bonds. The SMILES string of the molecule is CO[C@@H]1CN(C(=O)C(NC(=O)c2ccc(N3CCN(C4CCC4)CC3)cc2)C(C)(C)C)[C@@H]2C(=O)CO[C@@H]21. The van der Waals surface area contributed by atoms with E-state index in [-0.39, 0.29) is 36.9 Å². The van der Waals surface area contributed by atoms with Gasteiger partial charge in [-0.3, -0.25) is 19.3 Å². The number of fused-ring (bicyclic) bond motifs is 1. The maximum absolute atomic E-state index is 13.7. The van der Waals surface area contributed by atoms with E-state index >= 15 is 0 Å². The molecule has 9 nitrogen and oxygen atoms in total. The highest BCUT2D eigenvalue weighted by Crippen LogP contribution is 2.32. The minimum atomic E-state index is -0.802. The van der Waals surface area contributed by atoms with Crippen molar-refractivity contribution in [3.63, 3.8) is 0 Å². The molecule has 1 N–H and O–H groups in total. The van der Waals surface area contributed by atoms with E-state index < -0.39 is 23.6 Å². The second-order valence-corrected chi connectivity index (χ2v) is 11.9. The molecule has 0 bridgehead atoms. The largest absolute Gasteiger partial charge is 0.377 e. The summed E-state index contributed by atoms with van der Waals surface area (Å²) in [6.45, 7) is 10.1. The lowest BCUT2D eigenvalue weighted by Crippen LogP contribution is -2.57. The standard InChI is InChI=1S/C28H40N4O5/c1-28(2,3)25(27(35)32-16-22(36-4)24-23(32)21(33)17-37-24)29-26(34)18-8-10-20(11-9-18)31-14-12-30(13-15-31)19-6-5-7-19/h8-11,19,22-25H,5-7,12-17H2,1-4H3,(H,29,34)/t22-,23-,24-,25?/m1/s1. The van der Waals surface area contributed by atoms with Gasteiger partial charge >= 0.3 is 0 Å². The van der Waals surface area contributed by atoms with Gasteiger partial charge in [0, 0.05) is 50.6 Å². The number of ketones is 1. The minimum absolute atomic E-state index is 0.0203. The van der Waals surface area contributed by atoms with Crippen molar-refractivity contribution in [2.24, 2.45) is 5.41 Å². The van der Waals surface area contributed by atoms with E-state index in [1.54, 1.807) is 7.11 Å². The van der Waals surface area contributed by atoms with Gasteiger partial charge in [0.15, 0.2) is 5.78 Å². The van der Waals surface area contributed by atoms with Crippen LogP contribution in [0.4, 0.5) is 5.69 Å². The second kappa shape index (κ2) is 10.3. The van der Waals surface area contributed by atoms with Gasteiger partial charge in [-0.15, -0.1) is 0 Å². The van der Waals surface area contributed by atoms with E-state index in [9.17, 15) is 14.4 Å². The van der Waals surface area contributed by atoms with Crippen molar-refractivity contribution in [1.82, 2.24) is 15.1 Å². The van der Waals surface area contributed by atoms with Gasteiger partial charge in [0.2, 0.25) is 5.91 Å². The number of ether oxygens (including phenoxy) is 2. The highest BCUT2D eigenvalue weighted by Gasteiger charge is 2.54. The second-order valence-electron chi connectivity index (χ2n) is 11.9. The third-order valence-electron chi connectivity index (χ3n) is 8.51. The Kier molecular flexibility index (Phi) is 7.31. The van der Waals surface area contributed by atoms with Crippen LogP contribution in [0.15, 0.2) is 24.3 Å². The summed E-state index contributed by atoms with van der Waals surface area (Å²) in [6, 6.07) is 6.95. The average Bonchev–Trinajstić information content (AvgIpc) is 3.41. The Labute approximate surface area is 219 Å². The third-order valence-corrected chi connectivity index (χ3v) is 8.51. The van der Waals surface area contributed by atoms with Crippen LogP contribution in [0.2, 0.25) is 0 Å².